The summed E-state index contributed by atoms with van der Waals surface area (Å²) >= 11 is 0. The van der Waals surface area contributed by atoms with Gasteiger partial charge in [0.25, 0.3) is 0 Å². The van der Waals surface area contributed by atoms with Crippen molar-refractivity contribution in [3.63, 3.8) is 0 Å². The molecule has 8 nitrogen and oxygen atoms in total. The summed E-state index contributed by atoms with van der Waals surface area (Å²) in [5.41, 5.74) is -0.183. The van der Waals surface area contributed by atoms with Gasteiger partial charge in [0.15, 0.2) is 5.69 Å². The highest BCUT2D eigenvalue weighted by atomic mass is 19.4. The topological polar surface area (TPSA) is 130 Å². The Morgan fingerprint density at radius 1 is 0.968 bits per heavy atom. The summed E-state index contributed by atoms with van der Waals surface area (Å²) in [7, 11) is 0. The van der Waals surface area contributed by atoms with Gasteiger partial charge in [0.1, 0.15) is 5.75 Å². The minimum atomic E-state index is -4.41. The average Bonchev–Trinajstić information content (AvgIpc) is 3.23. The van der Waals surface area contributed by atoms with Crippen molar-refractivity contribution in [3.05, 3.63) is 82.7 Å². The highest BCUT2D eigenvalue weighted by Crippen LogP contribution is 2.30. The molecule has 3 N–H and O–H groups in total. The van der Waals surface area contributed by atoms with Crippen molar-refractivity contribution in [2.75, 3.05) is 0 Å². The SMILES string of the molecule is Cc1ccc(C(=O)O)cc1C(=O)O.O=C(Oc1ccc(C(F)(F)F)cc1)c1cc[nH]n1. The lowest BCUT2D eigenvalue weighted by molar-refractivity contribution is -0.137. The van der Waals surface area contributed by atoms with E-state index in [1.807, 2.05) is 0 Å². The normalized spacial score (nSPS) is 10.6. The van der Waals surface area contributed by atoms with E-state index < -0.39 is 29.6 Å². The summed E-state index contributed by atoms with van der Waals surface area (Å²) in [5.74, 6) is -2.95. The number of aryl methyl sites for hydroxylation is 1. The van der Waals surface area contributed by atoms with Gasteiger partial charge < -0.3 is 14.9 Å². The Kier molecular flexibility index (Phi) is 7.14. The van der Waals surface area contributed by atoms with Crippen LogP contribution in [0.1, 0.15) is 42.3 Å². The minimum absolute atomic E-state index is 0.0111. The molecule has 1 heterocycles. The third kappa shape index (κ3) is 6.42. The predicted molar refractivity (Wildman–Crippen MR) is 100 cm³/mol. The number of benzene rings is 2. The number of nitrogens with one attached hydrogen (secondary N) is 1. The molecule has 2 aromatic carbocycles. The zero-order valence-electron chi connectivity index (χ0n) is 15.8. The molecule has 0 aliphatic carbocycles. The fraction of sp³-hybridized carbons (Fsp3) is 0.100. The molecular formula is C20H15F3N2O6. The molecule has 0 atom stereocenters. The Bertz CT molecular complexity index is 1080. The van der Waals surface area contributed by atoms with Gasteiger partial charge in [-0.05, 0) is 55.0 Å². The van der Waals surface area contributed by atoms with Crippen molar-refractivity contribution >= 4 is 17.9 Å². The highest BCUT2D eigenvalue weighted by Gasteiger charge is 2.30. The monoisotopic (exact) mass is 436 g/mol. The van der Waals surface area contributed by atoms with Crippen molar-refractivity contribution in [2.45, 2.75) is 13.1 Å². The number of carbonyl (C=O) groups excluding carboxylic acids is 1. The van der Waals surface area contributed by atoms with Crippen molar-refractivity contribution in [1.82, 2.24) is 10.2 Å². The summed E-state index contributed by atoms with van der Waals surface area (Å²) in [6, 6.07) is 9.24. The lowest BCUT2D eigenvalue weighted by Gasteiger charge is -2.07. The molecule has 162 valence electrons. The molecule has 0 saturated carbocycles. The van der Waals surface area contributed by atoms with Crippen molar-refractivity contribution in [2.24, 2.45) is 0 Å². The highest BCUT2D eigenvalue weighted by molar-refractivity contribution is 5.94. The number of H-pyrrole nitrogens is 1. The van der Waals surface area contributed by atoms with Crippen LogP contribution >= 0.6 is 0 Å². The number of nitrogens with zero attached hydrogens (tertiary/aromatic N) is 1. The minimum Gasteiger partial charge on any atom is -0.478 e. The molecule has 0 fully saturated rings. The third-order valence-corrected chi connectivity index (χ3v) is 3.82. The number of rotatable bonds is 4. The molecule has 0 saturated heterocycles. The molecule has 0 bridgehead atoms. The largest absolute Gasteiger partial charge is 0.478 e. The number of carbonyl (C=O) groups is 3. The molecule has 31 heavy (non-hydrogen) atoms. The molecular weight excluding hydrogens is 421 g/mol. The Hall–Kier alpha value is -4.15. The number of carboxylic acid groups (broad SMARTS) is 2. The summed E-state index contributed by atoms with van der Waals surface area (Å²) < 4.78 is 41.7. The fourth-order valence-electron chi connectivity index (χ4n) is 2.23. The molecule has 3 rings (SSSR count). The van der Waals surface area contributed by atoms with Crippen LogP contribution < -0.4 is 4.74 Å². The summed E-state index contributed by atoms with van der Waals surface area (Å²) in [6.45, 7) is 1.62. The fourth-order valence-corrected chi connectivity index (χ4v) is 2.23. The molecule has 11 heteroatoms. The van der Waals surface area contributed by atoms with E-state index in [2.05, 4.69) is 10.2 Å². The number of halogens is 3. The number of ether oxygens (including phenoxy) is 1. The smallest absolute Gasteiger partial charge is 0.416 e. The van der Waals surface area contributed by atoms with Gasteiger partial charge in [-0.2, -0.15) is 18.3 Å². The first-order chi connectivity index (χ1) is 14.5. The van der Waals surface area contributed by atoms with E-state index >= 15 is 0 Å². The molecule has 3 aromatic rings. The van der Waals surface area contributed by atoms with Crippen LogP contribution in [0.5, 0.6) is 5.75 Å². The Balaban J connectivity index is 0.000000233. The zero-order valence-corrected chi connectivity index (χ0v) is 15.8. The van der Waals surface area contributed by atoms with E-state index in [1.165, 1.54) is 24.4 Å². The second-order valence-corrected chi connectivity index (χ2v) is 6.01. The van der Waals surface area contributed by atoms with E-state index in [1.54, 1.807) is 6.92 Å². The van der Waals surface area contributed by atoms with Gasteiger partial charge in [0, 0.05) is 6.20 Å². The van der Waals surface area contributed by atoms with Gasteiger partial charge in [-0.25, -0.2) is 14.4 Å². The van der Waals surface area contributed by atoms with Crippen molar-refractivity contribution in [3.8, 4) is 5.75 Å². The van der Waals surface area contributed by atoms with Crippen LogP contribution in [0, 0.1) is 6.92 Å². The number of carboxylic acids is 2. The van der Waals surface area contributed by atoms with E-state index in [9.17, 15) is 27.6 Å². The van der Waals surface area contributed by atoms with Crippen LogP contribution in [0.3, 0.4) is 0 Å². The van der Waals surface area contributed by atoms with Crippen LogP contribution in [0.4, 0.5) is 13.2 Å². The number of esters is 1. The second-order valence-electron chi connectivity index (χ2n) is 6.01. The Labute approximate surface area is 172 Å². The van der Waals surface area contributed by atoms with E-state index in [0.29, 0.717) is 5.56 Å². The molecule has 0 spiro atoms. The van der Waals surface area contributed by atoms with Gasteiger partial charge in [-0.15, -0.1) is 0 Å². The number of aromatic nitrogens is 2. The van der Waals surface area contributed by atoms with Crippen LogP contribution in [-0.2, 0) is 6.18 Å². The third-order valence-electron chi connectivity index (χ3n) is 3.82. The summed E-state index contributed by atoms with van der Waals surface area (Å²) in [6.07, 6.45) is -2.98. The predicted octanol–water partition coefficient (Wildman–Crippen LogP) is 4.04. The van der Waals surface area contributed by atoms with Gasteiger partial charge >= 0.3 is 24.1 Å². The molecule has 0 radical (unpaired) electrons. The molecule has 0 aliphatic heterocycles. The van der Waals surface area contributed by atoms with Gasteiger partial charge in [0.05, 0.1) is 16.7 Å². The van der Waals surface area contributed by atoms with Gasteiger partial charge in [-0.1, -0.05) is 6.07 Å². The maximum Gasteiger partial charge on any atom is 0.416 e. The second kappa shape index (κ2) is 9.57. The Morgan fingerprint density at radius 3 is 2.10 bits per heavy atom. The number of hydrogen-bond acceptors (Lipinski definition) is 5. The maximum atomic E-state index is 12.3. The lowest BCUT2D eigenvalue weighted by Crippen LogP contribution is -2.09. The zero-order chi connectivity index (χ0) is 23.2. The number of aromatic carboxylic acids is 2. The van der Waals surface area contributed by atoms with E-state index in [4.69, 9.17) is 14.9 Å². The number of alkyl halides is 3. The first-order valence-corrected chi connectivity index (χ1v) is 8.45. The van der Waals surface area contributed by atoms with E-state index in [-0.39, 0.29) is 22.6 Å². The maximum absolute atomic E-state index is 12.3. The molecule has 1 aromatic heterocycles. The van der Waals surface area contributed by atoms with Gasteiger partial charge in [-0.3, -0.25) is 5.10 Å². The summed E-state index contributed by atoms with van der Waals surface area (Å²) in [4.78, 5) is 32.5. The van der Waals surface area contributed by atoms with Crippen molar-refractivity contribution in [1.29, 1.82) is 0 Å². The summed E-state index contributed by atoms with van der Waals surface area (Å²) in [5, 5.41) is 23.3. The van der Waals surface area contributed by atoms with E-state index in [0.717, 1.165) is 30.3 Å². The van der Waals surface area contributed by atoms with Crippen molar-refractivity contribution < 1.29 is 42.5 Å². The molecule has 0 unspecified atom stereocenters. The standard InChI is InChI=1S/C11H7F3N2O2.C9H8O4/c12-11(13,14)7-1-3-8(4-2-7)18-10(17)9-5-6-15-16-9;1-5-2-3-6(8(10)11)4-7(5)9(12)13/h1-6H,(H,15,16);2-4H,1H3,(H,10,11)(H,12,13). The first-order valence-electron chi connectivity index (χ1n) is 8.45. The average molecular weight is 436 g/mol. The van der Waals surface area contributed by atoms with Crippen LogP contribution in [-0.4, -0.2) is 38.3 Å². The number of hydrogen-bond donors (Lipinski definition) is 3. The first kappa shape index (κ1) is 23.1. The quantitative estimate of drug-likeness (QED) is 0.416. The van der Waals surface area contributed by atoms with Crippen LogP contribution in [0.2, 0.25) is 0 Å². The number of aromatic amines is 1. The Morgan fingerprint density at radius 2 is 1.61 bits per heavy atom. The van der Waals surface area contributed by atoms with Crippen LogP contribution in [0.25, 0.3) is 0 Å². The molecule has 0 amide bonds. The van der Waals surface area contributed by atoms with Crippen LogP contribution in [0.15, 0.2) is 54.7 Å². The van der Waals surface area contributed by atoms with Gasteiger partial charge in [0.2, 0.25) is 0 Å². The lowest BCUT2D eigenvalue weighted by atomic mass is 10.1. The molecule has 0 aliphatic rings.